The minimum Gasteiger partial charge on any atom is -0.504 e. The maximum absolute atomic E-state index is 10.6. The van der Waals surface area contributed by atoms with Crippen LogP contribution < -0.4 is 5.32 Å². The molecule has 1 unspecified atom stereocenters. The van der Waals surface area contributed by atoms with E-state index >= 15 is 0 Å². The molecule has 2 aromatic rings. The molecule has 1 heterocycles. The zero-order valence-corrected chi connectivity index (χ0v) is 13.6. The fraction of sp³-hybridized carbons (Fsp3) is 0.278. The Morgan fingerprint density at radius 2 is 1.69 bits per heavy atom. The number of carboxylic acids is 1. The van der Waals surface area contributed by atoms with Crippen molar-refractivity contribution in [3.05, 3.63) is 59.2 Å². The summed E-state index contributed by atoms with van der Waals surface area (Å²) in [6.45, 7) is 0.898. The molecule has 1 aliphatic heterocycles. The molecule has 1 atom stereocenters. The van der Waals surface area contributed by atoms with Gasteiger partial charge in [-0.15, -0.1) is 0 Å². The summed E-state index contributed by atoms with van der Waals surface area (Å²) in [5.74, 6) is -2.83. The highest BCUT2D eigenvalue weighted by Gasteiger charge is 2.38. The van der Waals surface area contributed by atoms with E-state index in [0.717, 1.165) is 30.5 Å². The van der Waals surface area contributed by atoms with Gasteiger partial charge in [-0.05, 0) is 48.2 Å². The molecule has 5 nitrogen and oxygen atoms in total. The van der Waals surface area contributed by atoms with E-state index in [2.05, 4.69) is 17.4 Å². The standard InChI is InChI=1S/C16H17NO2.C2HF3O2/c18-15-9-12-6-7-17-14(13(12)10-16(15)19)8-11-4-2-1-3-5-11;3-2(4,5)1(6)7/h1-5,9-10,14,17-19H,6-8H2;(H,6,7). The summed E-state index contributed by atoms with van der Waals surface area (Å²) in [4.78, 5) is 8.90. The molecular weight excluding hydrogens is 351 g/mol. The maximum Gasteiger partial charge on any atom is 0.490 e. The van der Waals surface area contributed by atoms with Crippen molar-refractivity contribution in [2.24, 2.45) is 0 Å². The van der Waals surface area contributed by atoms with Crippen molar-refractivity contribution in [1.29, 1.82) is 0 Å². The van der Waals surface area contributed by atoms with Crippen LogP contribution in [0, 0.1) is 0 Å². The van der Waals surface area contributed by atoms with Crippen molar-refractivity contribution in [2.75, 3.05) is 6.54 Å². The van der Waals surface area contributed by atoms with Gasteiger partial charge >= 0.3 is 12.1 Å². The minimum atomic E-state index is -5.08. The summed E-state index contributed by atoms with van der Waals surface area (Å²) in [5, 5.41) is 29.9. The molecule has 0 amide bonds. The number of aromatic hydroxyl groups is 2. The van der Waals surface area contributed by atoms with Gasteiger partial charge in [-0.25, -0.2) is 4.79 Å². The van der Waals surface area contributed by atoms with Crippen LogP contribution in [0.15, 0.2) is 42.5 Å². The van der Waals surface area contributed by atoms with Crippen molar-refractivity contribution < 1.29 is 33.3 Å². The predicted molar refractivity (Wildman–Crippen MR) is 88.1 cm³/mol. The van der Waals surface area contributed by atoms with Gasteiger partial charge in [0.05, 0.1) is 0 Å². The van der Waals surface area contributed by atoms with Crippen LogP contribution in [0.4, 0.5) is 13.2 Å². The Morgan fingerprint density at radius 1 is 1.12 bits per heavy atom. The monoisotopic (exact) mass is 369 g/mol. The maximum atomic E-state index is 10.6. The number of hydrogen-bond donors (Lipinski definition) is 4. The number of phenols is 2. The summed E-state index contributed by atoms with van der Waals surface area (Å²) in [6, 6.07) is 13.9. The number of halogens is 3. The summed E-state index contributed by atoms with van der Waals surface area (Å²) in [5.41, 5.74) is 3.47. The first-order valence-electron chi connectivity index (χ1n) is 7.80. The van der Waals surface area contributed by atoms with Crippen LogP contribution in [-0.4, -0.2) is 34.0 Å². The van der Waals surface area contributed by atoms with Gasteiger partial charge < -0.3 is 20.6 Å². The average Bonchev–Trinajstić information content (AvgIpc) is 2.57. The zero-order valence-electron chi connectivity index (χ0n) is 13.6. The van der Waals surface area contributed by atoms with Crippen LogP contribution in [-0.2, 0) is 17.6 Å². The second kappa shape index (κ2) is 8.09. The molecule has 2 aromatic carbocycles. The molecular formula is C18H18F3NO4. The topological polar surface area (TPSA) is 89.8 Å². The number of nitrogens with one attached hydrogen (secondary N) is 1. The molecule has 1 aliphatic rings. The molecule has 0 saturated carbocycles. The Labute approximate surface area is 147 Å². The molecule has 0 saturated heterocycles. The van der Waals surface area contributed by atoms with Gasteiger partial charge in [0.25, 0.3) is 0 Å². The molecule has 4 N–H and O–H groups in total. The SMILES string of the molecule is O=C(O)C(F)(F)F.Oc1cc2c(cc1O)C(Cc1ccccc1)NCC2. The van der Waals surface area contributed by atoms with Crippen molar-refractivity contribution in [2.45, 2.75) is 25.1 Å². The number of hydrogen-bond acceptors (Lipinski definition) is 4. The molecule has 8 heteroatoms. The lowest BCUT2D eigenvalue weighted by molar-refractivity contribution is -0.192. The van der Waals surface area contributed by atoms with Crippen LogP contribution >= 0.6 is 0 Å². The normalized spacial score (nSPS) is 16.2. The number of carbonyl (C=O) groups is 1. The quantitative estimate of drug-likeness (QED) is 0.611. The molecule has 0 radical (unpaired) electrons. The van der Waals surface area contributed by atoms with Gasteiger partial charge in [0.15, 0.2) is 11.5 Å². The number of rotatable bonds is 2. The number of carboxylic acid groups (broad SMARTS) is 1. The van der Waals surface area contributed by atoms with E-state index in [0.29, 0.717) is 0 Å². The zero-order chi connectivity index (χ0) is 19.3. The number of benzene rings is 2. The third-order valence-electron chi connectivity index (χ3n) is 3.92. The van der Waals surface area contributed by atoms with Gasteiger partial charge in [-0.2, -0.15) is 13.2 Å². The number of phenolic OH excluding ortho intramolecular Hbond substituents is 2. The summed E-state index contributed by atoms with van der Waals surface area (Å²) >= 11 is 0. The highest BCUT2D eigenvalue weighted by molar-refractivity contribution is 5.73. The number of alkyl halides is 3. The summed E-state index contributed by atoms with van der Waals surface area (Å²) in [7, 11) is 0. The largest absolute Gasteiger partial charge is 0.504 e. The highest BCUT2D eigenvalue weighted by atomic mass is 19.4. The van der Waals surface area contributed by atoms with Crippen molar-refractivity contribution in [1.82, 2.24) is 5.32 Å². The predicted octanol–water partition coefficient (Wildman–Crippen LogP) is 3.16. The third-order valence-corrected chi connectivity index (χ3v) is 3.92. The van der Waals surface area contributed by atoms with E-state index in [-0.39, 0.29) is 17.5 Å². The fourth-order valence-electron chi connectivity index (χ4n) is 2.70. The van der Waals surface area contributed by atoms with Crippen molar-refractivity contribution >= 4 is 5.97 Å². The Morgan fingerprint density at radius 3 is 2.27 bits per heavy atom. The number of fused-ring (bicyclic) bond motifs is 1. The minimum absolute atomic E-state index is 0.0286. The third kappa shape index (κ3) is 5.13. The first kappa shape index (κ1) is 19.6. The first-order valence-corrected chi connectivity index (χ1v) is 7.80. The highest BCUT2D eigenvalue weighted by Crippen LogP contribution is 2.34. The van der Waals surface area contributed by atoms with Crippen LogP contribution in [0.25, 0.3) is 0 Å². The van der Waals surface area contributed by atoms with Gasteiger partial charge in [0.1, 0.15) is 0 Å². The lowest BCUT2D eigenvalue weighted by Gasteiger charge is -2.27. The van der Waals surface area contributed by atoms with Gasteiger partial charge in [-0.1, -0.05) is 30.3 Å². The van der Waals surface area contributed by atoms with Crippen LogP contribution in [0.5, 0.6) is 11.5 Å². The molecule has 26 heavy (non-hydrogen) atoms. The summed E-state index contributed by atoms with van der Waals surface area (Å²) in [6.07, 6.45) is -3.31. The van der Waals surface area contributed by atoms with Crippen LogP contribution in [0.2, 0.25) is 0 Å². The van der Waals surface area contributed by atoms with Crippen LogP contribution in [0.1, 0.15) is 22.7 Å². The summed E-state index contributed by atoms with van der Waals surface area (Å²) < 4.78 is 31.7. The van der Waals surface area contributed by atoms with Crippen molar-refractivity contribution in [3.63, 3.8) is 0 Å². The second-order valence-electron chi connectivity index (χ2n) is 5.79. The Bertz CT molecular complexity index is 763. The molecule has 140 valence electrons. The van der Waals surface area contributed by atoms with E-state index in [4.69, 9.17) is 9.90 Å². The molecule has 0 bridgehead atoms. The molecule has 0 aliphatic carbocycles. The van der Waals surface area contributed by atoms with Gasteiger partial charge in [0, 0.05) is 6.04 Å². The van der Waals surface area contributed by atoms with E-state index in [9.17, 15) is 23.4 Å². The van der Waals surface area contributed by atoms with E-state index < -0.39 is 12.1 Å². The van der Waals surface area contributed by atoms with Gasteiger partial charge in [-0.3, -0.25) is 0 Å². The molecule has 3 rings (SSSR count). The van der Waals surface area contributed by atoms with E-state index in [1.165, 1.54) is 5.56 Å². The molecule has 0 fully saturated rings. The molecule has 0 spiro atoms. The smallest absolute Gasteiger partial charge is 0.490 e. The van der Waals surface area contributed by atoms with E-state index in [1.54, 1.807) is 12.1 Å². The van der Waals surface area contributed by atoms with Crippen molar-refractivity contribution in [3.8, 4) is 11.5 Å². The second-order valence-corrected chi connectivity index (χ2v) is 5.79. The van der Waals surface area contributed by atoms with Crippen LogP contribution in [0.3, 0.4) is 0 Å². The van der Waals surface area contributed by atoms with E-state index in [1.807, 2.05) is 18.2 Å². The number of aliphatic carboxylic acids is 1. The first-order chi connectivity index (χ1) is 12.2. The Kier molecular flexibility index (Phi) is 6.10. The molecule has 0 aromatic heterocycles. The lowest BCUT2D eigenvalue weighted by atomic mass is 9.90. The average molecular weight is 369 g/mol. The lowest BCUT2D eigenvalue weighted by Crippen LogP contribution is -2.31. The van der Waals surface area contributed by atoms with Gasteiger partial charge in [0.2, 0.25) is 0 Å². The fourth-order valence-corrected chi connectivity index (χ4v) is 2.70. The Hall–Kier alpha value is -2.74. The Balaban J connectivity index is 0.000000298.